The van der Waals surface area contributed by atoms with Crippen LogP contribution in [0.4, 0.5) is 10.5 Å². The van der Waals surface area contributed by atoms with Gasteiger partial charge in [-0.2, -0.15) is 0 Å². The molecular formula is C16H24N2O. The van der Waals surface area contributed by atoms with E-state index in [0.717, 1.165) is 18.0 Å². The third-order valence-corrected chi connectivity index (χ3v) is 3.78. The van der Waals surface area contributed by atoms with E-state index in [1.54, 1.807) is 0 Å². The Hall–Kier alpha value is -1.51. The Labute approximate surface area is 115 Å². The van der Waals surface area contributed by atoms with Crippen LogP contribution in [0.25, 0.3) is 0 Å². The lowest BCUT2D eigenvalue weighted by Gasteiger charge is -2.22. The second kappa shape index (κ2) is 7.17. The Morgan fingerprint density at radius 2 is 1.84 bits per heavy atom. The van der Waals surface area contributed by atoms with Gasteiger partial charge in [0.25, 0.3) is 0 Å². The molecular weight excluding hydrogens is 236 g/mol. The number of carbonyl (C=O) groups excluding carboxylic acids is 1. The average Bonchev–Trinajstić information content (AvgIpc) is 2.47. The lowest BCUT2D eigenvalue weighted by Crippen LogP contribution is -2.29. The summed E-state index contributed by atoms with van der Waals surface area (Å²) in [7, 11) is 0. The second-order valence-corrected chi connectivity index (χ2v) is 5.34. The zero-order valence-corrected chi connectivity index (χ0v) is 11.7. The van der Waals surface area contributed by atoms with Crippen LogP contribution in [0.15, 0.2) is 24.3 Å². The first-order valence-corrected chi connectivity index (χ1v) is 7.44. The molecule has 1 fully saturated rings. The molecule has 1 aromatic rings. The van der Waals surface area contributed by atoms with Gasteiger partial charge in [-0.1, -0.05) is 38.3 Å². The first kappa shape index (κ1) is 13.9. The van der Waals surface area contributed by atoms with Gasteiger partial charge in [-0.15, -0.1) is 0 Å². The van der Waals surface area contributed by atoms with E-state index in [1.807, 2.05) is 19.1 Å². The number of nitrogens with one attached hydrogen (secondary N) is 2. The minimum atomic E-state index is -0.118. The molecule has 2 rings (SSSR count). The number of benzene rings is 1. The second-order valence-electron chi connectivity index (χ2n) is 5.34. The zero-order chi connectivity index (χ0) is 13.5. The van der Waals surface area contributed by atoms with E-state index in [-0.39, 0.29) is 6.03 Å². The highest BCUT2D eigenvalue weighted by Crippen LogP contribution is 2.32. The van der Waals surface area contributed by atoms with Crippen LogP contribution in [-0.2, 0) is 0 Å². The van der Waals surface area contributed by atoms with Gasteiger partial charge >= 0.3 is 6.03 Å². The van der Waals surface area contributed by atoms with Crippen molar-refractivity contribution in [1.82, 2.24) is 5.32 Å². The summed E-state index contributed by atoms with van der Waals surface area (Å²) < 4.78 is 0. The fourth-order valence-electron chi connectivity index (χ4n) is 2.69. The number of hydrogen-bond acceptors (Lipinski definition) is 1. The van der Waals surface area contributed by atoms with Crippen LogP contribution >= 0.6 is 0 Å². The fourth-order valence-corrected chi connectivity index (χ4v) is 2.69. The quantitative estimate of drug-likeness (QED) is 0.834. The number of anilines is 1. The van der Waals surface area contributed by atoms with Crippen molar-refractivity contribution >= 4 is 11.7 Å². The maximum atomic E-state index is 11.5. The van der Waals surface area contributed by atoms with Gasteiger partial charge in [-0.3, -0.25) is 0 Å². The highest BCUT2D eigenvalue weighted by atomic mass is 16.2. The minimum Gasteiger partial charge on any atom is -0.338 e. The van der Waals surface area contributed by atoms with Gasteiger partial charge in [0.2, 0.25) is 0 Å². The first-order valence-electron chi connectivity index (χ1n) is 7.44. The molecule has 0 heterocycles. The van der Waals surface area contributed by atoms with Crippen molar-refractivity contribution in [3.05, 3.63) is 29.8 Å². The third kappa shape index (κ3) is 4.27. The largest absolute Gasteiger partial charge is 0.338 e. The van der Waals surface area contributed by atoms with Crippen molar-refractivity contribution in [2.24, 2.45) is 0 Å². The summed E-state index contributed by atoms with van der Waals surface area (Å²) in [5.41, 5.74) is 2.28. The number of rotatable bonds is 4. The van der Waals surface area contributed by atoms with Gasteiger partial charge < -0.3 is 10.6 Å². The Bertz CT molecular complexity index is 394. The molecule has 0 aliphatic heterocycles. The van der Waals surface area contributed by atoms with Crippen molar-refractivity contribution in [2.45, 2.75) is 51.4 Å². The van der Waals surface area contributed by atoms with Crippen molar-refractivity contribution in [3.8, 4) is 0 Å². The number of hydrogen-bond donors (Lipinski definition) is 2. The molecule has 0 aromatic heterocycles. The normalized spacial score (nSPS) is 16.1. The maximum absolute atomic E-state index is 11.5. The molecule has 1 aromatic carbocycles. The van der Waals surface area contributed by atoms with Gasteiger partial charge in [0.15, 0.2) is 0 Å². The molecule has 0 saturated heterocycles. The summed E-state index contributed by atoms with van der Waals surface area (Å²) in [4.78, 5) is 11.5. The van der Waals surface area contributed by atoms with E-state index < -0.39 is 0 Å². The number of amides is 2. The number of carbonyl (C=O) groups is 1. The summed E-state index contributed by atoms with van der Waals surface area (Å²) in [6.07, 6.45) is 7.66. The van der Waals surface area contributed by atoms with Gasteiger partial charge in [-0.05, 0) is 42.9 Å². The van der Waals surface area contributed by atoms with E-state index in [4.69, 9.17) is 0 Å². The lowest BCUT2D eigenvalue weighted by molar-refractivity contribution is 0.252. The summed E-state index contributed by atoms with van der Waals surface area (Å²) in [6.45, 7) is 2.76. The fraction of sp³-hybridized carbons (Fsp3) is 0.562. The van der Waals surface area contributed by atoms with Gasteiger partial charge in [0, 0.05) is 12.2 Å². The van der Waals surface area contributed by atoms with E-state index in [0.29, 0.717) is 6.54 Å². The van der Waals surface area contributed by atoms with Crippen LogP contribution in [-0.4, -0.2) is 12.6 Å². The molecule has 104 valence electrons. The smallest absolute Gasteiger partial charge is 0.319 e. The molecule has 1 aliphatic rings. The Balaban J connectivity index is 1.88. The van der Waals surface area contributed by atoms with Crippen LogP contribution in [0.2, 0.25) is 0 Å². The van der Waals surface area contributed by atoms with Crippen LogP contribution in [0.5, 0.6) is 0 Å². The van der Waals surface area contributed by atoms with E-state index in [1.165, 1.54) is 37.7 Å². The van der Waals surface area contributed by atoms with Gasteiger partial charge in [0.05, 0.1) is 0 Å². The monoisotopic (exact) mass is 260 g/mol. The van der Waals surface area contributed by atoms with Crippen LogP contribution in [0.3, 0.4) is 0 Å². The molecule has 1 saturated carbocycles. The molecule has 0 unspecified atom stereocenters. The third-order valence-electron chi connectivity index (χ3n) is 3.78. The van der Waals surface area contributed by atoms with E-state index in [9.17, 15) is 4.79 Å². The SMILES string of the molecule is CCCNC(=O)Nc1ccc(C2CCCCC2)cc1. The topological polar surface area (TPSA) is 41.1 Å². The molecule has 19 heavy (non-hydrogen) atoms. The Morgan fingerprint density at radius 3 is 2.47 bits per heavy atom. The van der Waals surface area contributed by atoms with Crippen LogP contribution < -0.4 is 10.6 Å². The predicted molar refractivity (Wildman–Crippen MR) is 79.6 cm³/mol. The summed E-state index contributed by atoms with van der Waals surface area (Å²) in [6, 6.07) is 8.22. The highest BCUT2D eigenvalue weighted by Gasteiger charge is 2.15. The highest BCUT2D eigenvalue weighted by molar-refractivity contribution is 5.89. The summed E-state index contributed by atoms with van der Waals surface area (Å²) in [5.74, 6) is 0.719. The average molecular weight is 260 g/mol. The van der Waals surface area contributed by atoms with Gasteiger partial charge in [-0.25, -0.2) is 4.79 Å². The molecule has 0 atom stereocenters. The lowest BCUT2D eigenvalue weighted by atomic mass is 9.84. The number of urea groups is 1. The zero-order valence-electron chi connectivity index (χ0n) is 11.7. The molecule has 0 bridgehead atoms. The summed E-state index contributed by atoms with van der Waals surface area (Å²) in [5, 5.41) is 5.67. The molecule has 0 radical (unpaired) electrons. The van der Waals surface area contributed by atoms with Gasteiger partial charge in [0.1, 0.15) is 0 Å². The molecule has 3 heteroatoms. The van der Waals surface area contributed by atoms with Crippen molar-refractivity contribution < 1.29 is 4.79 Å². The first-order chi connectivity index (χ1) is 9.29. The standard InChI is InChI=1S/C16H24N2O/c1-2-12-17-16(19)18-15-10-8-14(9-11-15)13-6-4-3-5-7-13/h8-11,13H,2-7,12H2,1H3,(H2,17,18,19). The molecule has 0 spiro atoms. The minimum absolute atomic E-state index is 0.118. The Morgan fingerprint density at radius 1 is 1.16 bits per heavy atom. The van der Waals surface area contributed by atoms with E-state index in [2.05, 4.69) is 22.8 Å². The van der Waals surface area contributed by atoms with Crippen molar-refractivity contribution in [1.29, 1.82) is 0 Å². The summed E-state index contributed by atoms with van der Waals surface area (Å²) >= 11 is 0. The Kier molecular flexibility index (Phi) is 5.25. The molecule has 1 aliphatic carbocycles. The van der Waals surface area contributed by atoms with Crippen molar-refractivity contribution in [3.63, 3.8) is 0 Å². The molecule has 2 N–H and O–H groups in total. The maximum Gasteiger partial charge on any atom is 0.319 e. The van der Waals surface area contributed by atoms with E-state index >= 15 is 0 Å². The molecule has 3 nitrogen and oxygen atoms in total. The van der Waals surface area contributed by atoms with Crippen molar-refractivity contribution in [2.75, 3.05) is 11.9 Å². The van der Waals surface area contributed by atoms with Crippen LogP contribution in [0, 0.1) is 0 Å². The predicted octanol–water partition coefficient (Wildman–Crippen LogP) is 4.27. The van der Waals surface area contributed by atoms with Crippen LogP contribution in [0.1, 0.15) is 56.9 Å². The molecule has 2 amide bonds.